The zero-order valence-electron chi connectivity index (χ0n) is 12.0. The number of amides is 1. The number of carbonyl (C=O) groups is 1. The molecule has 2 aromatic rings. The molecule has 0 atom stereocenters. The van der Waals surface area contributed by atoms with E-state index in [2.05, 4.69) is 15.5 Å². The molecule has 1 heterocycles. The van der Waals surface area contributed by atoms with Gasteiger partial charge in [-0.2, -0.15) is 18.3 Å². The summed E-state index contributed by atoms with van der Waals surface area (Å²) in [6, 6.07) is 5.87. The van der Waals surface area contributed by atoms with Crippen molar-refractivity contribution in [2.24, 2.45) is 0 Å². The molecular weight excluding hydrogens is 297 g/mol. The summed E-state index contributed by atoms with van der Waals surface area (Å²) in [4.78, 5) is 13.9. The molecule has 0 spiro atoms. The number of aromatic amines is 1. The molecule has 0 fully saturated rings. The van der Waals surface area contributed by atoms with Gasteiger partial charge in [0, 0.05) is 18.2 Å². The molecule has 118 valence electrons. The molecule has 0 aliphatic heterocycles. The summed E-state index contributed by atoms with van der Waals surface area (Å²) in [5.41, 5.74) is -0.160. The van der Waals surface area contributed by atoms with Crippen molar-refractivity contribution in [1.82, 2.24) is 15.1 Å². The van der Waals surface area contributed by atoms with Crippen molar-refractivity contribution in [2.45, 2.75) is 12.7 Å². The molecule has 2 rings (SSSR count). The third-order valence-electron chi connectivity index (χ3n) is 2.81. The monoisotopic (exact) mass is 312 g/mol. The molecule has 5 nitrogen and oxygen atoms in total. The Labute approximate surface area is 125 Å². The Bertz CT molecular complexity index is 664. The van der Waals surface area contributed by atoms with E-state index in [4.69, 9.17) is 0 Å². The molecule has 1 aromatic heterocycles. The number of alkyl halides is 3. The fourth-order valence-corrected chi connectivity index (χ4v) is 1.87. The average Bonchev–Trinajstić information content (AvgIpc) is 2.84. The van der Waals surface area contributed by atoms with Gasteiger partial charge in [-0.25, -0.2) is 0 Å². The topological polar surface area (TPSA) is 61.0 Å². The van der Waals surface area contributed by atoms with Crippen LogP contribution < -0.4 is 5.32 Å². The average molecular weight is 312 g/mol. The van der Waals surface area contributed by atoms with E-state index >= 15 is 0 Å². The minimum atomic E-state index is -4.48. The number of benzene rings is 1. The lowest BCUT2D eigenvalue weighted by molar-refractivity contribution is -0.137. The van der Waals surface area contributed by atoms with Crippen LogP contribution in [0.15, 0.2) is 30.3 Å². The van der Waals surface area contributed by atoms with E-state index in [1.807, 2.05) is 19.0 Å². The second kappa shape index (κ2) is 6.18. The molecule has 8 heteroatoms. The highest BCUT2D eigenvalue weighted by Crippen LogP contribution is 2.29. The van der Waals surface area contributed by atoms with E-state index in [1.165, 1.54) is 12.1 Å². The van der Waals surface area contributed by atoms with Gasteiger partial charge in [0.1, 0.15) is 0 Å². The zero-order valence-corrected chi connectivity index (χ0v) is 12.0. The summed E-state index contributed by atoms with van der Waals surface area (Å²) in [5, 5.41) is 9.11. The van der Waals surface area contributed by atoms with E-state index < -0.39 is 17.6 Å². The van der Waals surface area contributed by atoms with Crippen LogP contribution in [0.25, 0.3) is 0 Å². The van der Waals surface area contributed by atoms with Gasteiger partial charge in [-0.3, -0.25) is 9.89 Å². The second-order valence-corrected chi connectivity index (χ2v) is 5.05. The number of hydrogen-bond donors (Lipinski definition) is 2. The number of halogens is 3. The maximum absolute atomic E-state index is 12.6. The molecule has 0 saturated carbocycles. The van der Waals surface area contributed by atoms with Gasteiger partial charge in [-0.1, -0.05) is 6.07 Å². The van der Waals surface area contributed by atoms with Crippen LogP contribution in [0, 0.1) is 0 Å². The van der Waals surface area contributed by atoms with Crippen LogP contribution in [-0.4, -0.2) is 35.1 Å². The van der Waals surface area contributed by atoms with Gasteiger partial charge in [0.15, 0.2) is 5.82 Å². The van der Waals surface area contributed by atoms with Crippen molar-refractivity contribution in [3.63, 3.8) is 0 Å². The van der Waals surface area contributed by atoms with Crippen LogP contribution >= 0.6 is 0 Å². The predicted octanol–water partition coefficient (Wildman–Crippen LogP) is 2.74. The van der Waals surface area contributed by atoms with Crippen molar-refractivity contribution in [2.75, 3.05) is 19.4 Å². The molecule has 0 radical (unpaired) electrons. The highest BCUT2D eigenvalue weighted by Gasteiger charge is 2.30. The first kappa shape index (κ1) is 16.0. The number of rotatable bonds is 4. The Kier molecular flexibility index (Phi) is 4.51. The lowest BCUT2D eigenvalue weighted by Gasteiger charge is -2.08. The molecule has 2 N–H and O–H groups in total. The Morgan fingerprint density at radius 3 is 2.68 bits per heavy atom. The lowest BCUT2D eigenvalue weighted by atomic mass is 10.1. The van der Waals surface area contributed by atoms with Crippen LogP contribution in [-0.2, 0) is 12.7 Å². The number of aromatic nitrogens is 2. The van der Waals surface area contributed by atoms with Gasteiger partial charge in [0.2, 0.25) is 0 Å². The molecule has 0 bridgehead atoms. The first-order chi connectivity index (χ1) is 10.3. The third-order valence-corrected chi connectivity index (χ3v) is 2.81. The van der Waals surface area contributed by atoms with Crippen LogP contribution in [0.4, 0.5) is 19.0 Å². The molecule has 0 aliphatic rings. The summed E-state index contributed by atoms with van der Waals surface area (Å²) >= 11 is 0. The number of nitrogens with zero attached hydrogens (tertiary/aromatic N) is 2. The van der Waals surface area contributed by atoms with Gasteiger partial charge in [0.25, 0.3) is 5.91 Å². The maximum atomic E-state index is 12.6. The molecule has 22 heavy (non-hydrogen) atoms. The van der Waals surface area contributed by atoms with Crippen LogP contribution in [0.1, 0.15) is 21.6 Å². The third kappa shape index (κ3) is 4.08. The smallest absolute Gasteiger partial charge is 0.305 e. The van der Waals surface area contributed by atoms with Gasteiger partial charge >= 0.3 is 6.18 Å². The van der Waals surface area contributed by atoms with E-state index in [0.29, 0.717) is 6.54 Å². The van der Waals surface area contributed by atoms with Crippen molar-refractivity contribution >= 4 is 11.7 Å². The highest BCUT2D eigenvalue weighted by molar-refractivity contribution is 6.03. The van der Waals surface area contributed by atoms with E-state index in [9.17, 15) is 18.0 Å². The Hall–Kier alpha value is -2.35. The first-order valence-electron chi connectivity index (χ1n) is 6.43. The minimum absolute atomic E-state index is 0.0769. The lowest BCUT2D eigenvalue weighted by Crippen LogP contribution is -2.14. The quantitative estimate of drug-likeness (QED) is 0.912. The number of carbonyl (C=O) groups excluding carboxylic acids is 1. The Balaban J connectivity index is 2.11. The summed E-state index contributed by atoms with van der Waals surface area (Å²) in [5.74, 6) is -0.381. The Morgan fingerprint density at radius 1 is 1.32 bits per heavy atom. The van der Waals surface area contributed by atoms with Crippen molar-refractivity contribution in [1.29, 1.82) is 0 Å². The van der Waals surface area contributed by atoms with Gasteiger partial charge in [-0.05, 0) is 32.3 Å². The second-order valence-electron chi connectivity index (χ2n) is 5.05. The maximum Gasteiger partial charge on any atom is 0.416 e. The molecule has 1 amide bonds. The summed E-state index contributed by atoms with van der Waals surface area (Å²) in [6.07, 6.45) is -4.48. The van der Waals surface area contributed by atoms with Crippen molar-refractivity contribution in [3.8, 4) is 0 Å². The fourth-order valence-electron chi connectivity index (χ4n) is 1.87. The predicted molar refractivity (Wildman–Crippen MR) is 75.4 cm³/mol. The molecule has 0 unspecified atom stereocenters. The number of hydrogen-bond acceptors (Lipinski definition) is 3. The number of anilines is 1. The summed E-state index contributed by atoms with van der Waals surface area (Å²) < 4.78 is 37.9. The standard InChI is InChI=1S/C14H15F3N4O/c1-21(2)8-11-7-12(20-19-11)18-13(22)9-4-3-5-10(6-9)14(15,16)17/h3-7H,8H2,1-2H3,(H2,18,19,20,22). The number of nitrogens with one attached hydrogen (secondary N) is 2. The summed E-state index contributed by atoms with van der Waals surface area (Å²) in [6.45, 7) is 0.604. The Morgan fingerprint density at radius 2 is 2.05 bits per heavy atom. The normalized spacial score (nSPS) is 11.7. The zero-order chi connectivity index (χ0) is 16.3. The molecule has 0 aliphatic carbocycles. The molecule has 0 saturated heterocycles. The SMILES string of the molecule is CN(C)Cc1cc(NC(=O)c2cccc(C(F)(F)F)c2)n[nH]1. The molecular formula is C14H15F3N4O. The minimum Gasteiger partial charge on any atom is -0.305 e. The van der Waals surface area contributed by atoms with Crippen molar-refractivity contribution < 1.29 is 18.0 Å². The van der Waals surface area contributed by atoms with Gasteiger partial charge in [-0.15, -0.1) is 0 Å². The summed E-state index contributed by atoms with van der Waals surface area (Å²) in [7, 11) is 3.75. The van der Waals surface area contributed by atoms with Crippen LogP contribution in [0.3, 0.4) is 0 Å². The van der Waals surface area contributed by atoms with E-state index in [-0.39, 0.29) is 11.4 Å². The van der Waals surface area contributed by atoms with Gasteiger partial charge in [0.05, 0.1) is 11.3 Å². The molecule has 1 aromatic carbocycles. The van der Waals surface area contributed by atoms with Crippen LogP contribution in [0.2, 0.25) is 0 Å². The van der Waals surface area contributed by atoms with E-state index in [1.54, 1.807) is 6.07 Å². The fraction of sp³-hybridized carbons (Fsp3) is 0.286. The highest BCUT2D eigenvalue weighted by atomic mass is 19.4. The van der Waals surface area contributed by atoms with Crippen molar-refractivity contribution in [3.05, 3.63) is 47.2 Å². The first-order valence-corrected chi connectivity index (χ1v) is 6.43. The number of H-pyrrole nitrogens is 1. The largest absolute Gasteiger partial charge is 0.416 e. The van der Waals surface area contributed by atoms with Crippen LogP contribution in [0.5, 0.6) is 0 Å². The van der Waals surface area contributed by atoms with E-state index in [0.717, 1.165) is 17.8 Å². The van der Waals surface area contributed by atoms with Gasteiger partial charge < -0.3 is 10.2 Å².